The summed E-state index contributed by atoms with van der Waals surface area (Å²) in [4.78, 5) is 20.6. The van der Waals surface area contributed by atoms with Gasteiger partial charge in [0.2, 0.25) is 11.3 Å². The number of anilines is 1. The van der Waals surface area contributed by atoms with Crippen LogP contribution in [-0.4, -0.2) is 36.5 Å². The third kappa shape index (κ3) is 2.68. The zero-order valence-electron chi connectivity index (χ0n) is 15.9. The molecule has 2 unspecified atom stereocenters. The van der Waals surface area contributed by atoms with Gasteiger partial charge in [0.15, 0.2) is 4.98 Å². The Bertz CT molecular complexity index is 723. The molecule has 2 saturated heterocycles. The molecule has 5 nitrogen and oxygen atoms in total. The maximum Gasteiger partial charge on any atom is 0.388 e. The number of hydrogen-bond acceptors (Lipinski definition) is 3. The Kier molecular flexibility index (Phi) is 4.73. The average molecular weight is 341 g/mol. The van der Waals surface area contributed by atoms with E-state index in [9.17, 15) is 4.79 Å². The molecule has 0 aliphatic carbocycles. The molecule has 0 radical (unpaired) electrons. The average Bonchev–Trinajstić information content (AvgIpc) is 2.63. The monoisotopic (exact) mass is 341 g/mol. The molecule has 2 aliphatic heterocycles. The van der Waals surface area contributed by atoms with Gasteiger partial charge in [0.25, 0.3) is 0 Å². The summed E-state index contributed by atoms with van der Waals surface area (Å²) in [5.74, 6) is 0.371. The molecule has 25 heavy (non-hydrogen) atoms. The quantitative estimate of drug-likeness (QED) is 0.589. The summed E-state index contributed by atoms with van der Waals surface area (Å²) >= 11 is 0. The van der Waals surface area contributed by atoms with E-state index in [0.29, 0.717) is 17.6 Å². The number of β-lactam (4-membered cyclic amide) rings is 1. The van der Waals surface area contributed by atoms with Crippen LogP contribution in [0.15, 0.2) is 12.1 Å². The summed E-state index contributed by atoms with van der Waals surface area (Å²) in [7, 11) is 0. The Balaban J connectivity index is 1.85. The number of unbranched alkanes of at least 4 members (excludes halogenated alkanes) is 1. The maximum atomic E-state index is 12.8. The number of amides is 1. The van der Waals surface area contributed by atoms with Gasteiger partial charge in [-0.3, -0.25) is 4.79 Å². The first-order valence-electron chi connectivity index (χ1n) is 9.50. The van der Waals surface area contributed by atoms with Crippen molar-refractivity contribution in [1.29, 1.82) is 5.39 Å². The van der Waals surface area contributed by atoms with Gasteiger partial charge in [-0.15, -0.1) is 0 Å². The van der Waals surface area contributed by atoms with Gasteiger partial charge in [-0.2, -0.15) is 0 Å². The lowest BCUT2D eigenvalue weighted by Crippen LogP contribution is -2.75. The highest BCUT2D eigenvalue weighted by atomic mass is 16.2. The molecule has 1 aromatic rings. The number of carbonyl (C=O) groups excluding carboxylic acids is 1. The summed E-state index contributed by atoms with van der Waals surface area (Å²) in [6.07, 6.45) is 4.19. The molecule has 0 N–H and O–H groups in total. The van der Waals surface area contributed by atoms with Gasteiger partial charge in [-0.1, -0.05) is 26.7 Å². The SMILES string of the molecule is CCCCC1(CC)C(=O)N2CCN(c3cc(C)c([N+]#N)cc3C)CC21. The number of carbonyl (C=O) groups is 1. The Morgan fingerprint density at radius 3 is 2.64 bits per heavy atom. The summed E-state index contributed by atoms with van der Waals surface area (Å²) in [6, 6.07) is 4.38. The van der Waals surface area contributed by atoms with Crippen molar-refractivity contribution in [2.24, 2.45) is 5.41 Å². The summed E-state index contributed by atoms with van der Waals surface area (Å²) in [5.41, 5.74) is 3.77. The minimum absolute atomic E-state index is 0.155. The van der Waals surface area contributed by atoms with Crippen LogP contribution in [0.25, 0.3) is 4.98 Å². The molecule has 3 rings (SSSR count). The van der Waals surface area contributed by atoms with Crippen LogP contribution in [0.2, 0.25) is 0 Å². The van der Waals surface area contributed by atoms with Gasteiger partial charge in [0.1, 0.15) is 0 Å². The fourth-order valence-corrected chi connectivity index (χ4v) is 4.64. The van der Waals surface area contributed by atoms with Gasteiger partial charge < -0.3 is 9.80 Å². The number of rotatable bonds is 5. The van der Waals surface area contributed by atoms with Crippen LogP contribution in [0.3, 0.4) is 0 Å². The van der Waals surface area contributed by atoms with Crippen molar-refractivity contribution >= 4 is 17.3 Å². The minimum Gasteiger partial charge on any atom is -0.367 e. The molecule has 134 valence electrons. The van der Waals surface area contributed by atoms with Gasteiger partial charge in [0, 0.05) is 37.0 Å². The molecule has 1 amide bonds. The van der Waals surface area contributed by atoms with Crippen LogP contribution in [0.4, 0.5) is 11.4 Å². The second-order valence-electron chi connectivity index (χ2n) is 7.60. The van der Waals surface area contributed by atoms with Crippen molar-refractivity contribution < 1.29 is 4.79 Å². The third-order valence-corrected chi connectivity index (χ3v) is 6.28. The molecule has 0 aromatic heterocycles. The van der Waals surface area contributed by atoms with Crippen molar-refractivity contribution in [1.82, 2.24) is 4.90 Å². The van der Waals surface area contributed by atoms with Gasteiger partial charge >= 0.3 is 5.69 Å². The van der Waals surface area contributed by atoms with E-state index in [1.807, 2.05) is 13.0 Å². The predicted molar refractivity (Wildman–Crippen MR) is 101 cm³/mol. The molecule has 2 aliphatic rings. The van der Waals surface area contributed by atoms with E-state index >= 15 is 0 Å². The van der Waals surface area contributed by atoms with E-state index in [4.69, 9.17) is 5.39 Å². The van der Waals surface area contributed by atoms with Crippen LogP contribution < -0.4 is 4.90 Å². The van der Waals surface area contributed by atoms with Crippen molar-refractivity contribution in [3.63, 3.8) is 0 Å². The second-order valence-corrected chi connectivity index (χ2v) is 7.60. The number of fused-ring (bicyclic) bond motifs is 1. The van der Waals surface area contributed by atoms with Crippen molar-refractivity contribution in [2.45, 2.75) is 59.4 Å². The number of diazo groups is 1. The van der Waals surface area contributed by atoms with Crippen molar-refractivity contribution in [3.8, 4) is 0 Å². The smallest absolute Gasteiger partial charge is 0.367 e. The number of aryl methyl sites for hydroxylation is 2. The lowest BCUT2D eigenvalue weighted by molar-refractivity contribution is -0.175. The van der Waals surface area contributed by atoms with E-state index in [2.05, 4.69) is 41.6 Å². The summed E-state index contributed by atoms with van der Waals surface area (Å²) < 4.78 is 0. The number of benzene rings is 1. The molecule has 1 aromatic carbocycles. The van der Waals surface area contributed by atoms with Crippen LogP contribution in [0.5, 0.6) is 0 Å². The Morgan fingerprint density at radius 1 is 1.24 bits per heavy atom. The Hall–Kier alpha value is -2.09. The molecule has 5 heteroatoms. The summed E-state index contributed by atoms with van der Waals surface area (Å²) in [5, 5.41) is 9.11. The number of piperazine rings is 1. The van der Waals surface area contributed by atoms with Gasteiger partial charge in [-0.25, -0.2) is 0 Å². The predicted octanol–water partition coefficient (Wildman–Crippen LogP) is 4.41. The molecule has 0 bridgehead atoms. The topological polar surface area (TPSA) is 51.7 Å². The molecular weight excluding hydrogens is 312 g/mol. The largest absolute Gasteiger partial charge is 0.388 e. The molecular formula is C20H29N4O+. The zero-order valence-corrected chi connectivity index (χ0v) is 15.9. The second kappa shape index (κ2) is 6.67. The normalized spacial score (nSPS) is 25.4. The summed E-state index contributed by atoms with van der Waals surface area (Å²) in [6.45, 7) is 11.0. The highest BCUT2D eigenvalue weighted by Crippen LogP contribution is 2.48. The Labute approximate surface area is 150 Å². The van der Waals surface area contributed by atoms with E-state index in [1.165, 1.54) is 5.69 Å². The molecule has 2 fully saturated rings. The first kappa shape index (κ1) is 17.7. The molecule has 2 heterocycles. The molecule has 2 atom stereocenters. The van der Waals surface area contributed by atoms with E-state index in [-0.39, 0.29) is 5.41 Å². The van der Waals surface area contributed by atoms with Crippen molar-refractivity contribution in [3.05, 3.63) is 28.2 Å². The van der Waals surface area contributed by atoms with E-state index in [0.717, 1.165) is 56.4 Å². The first-order chi connectivity index (χ1) is 12.0. The maximum absolute atomic E-state index is 12.8. The fourth-order valence-electron chi connectivity index (χ4n) is 4.64. The minimum atomic E-state index is -0.155. The molecule has 0 spiro atoms. The van der Waals surface area contributed by atoms with Crippen LogP contribution in [0.1, 0.15) is 50.7 Å². The van der Waals surface area contributed by atoms with E-state index in [1.54, 1.807) is 0 Å². The highest BCUT2D eigenvalue weighted by molar-refractivity contribution is 5.91. The number of hydrogen-bond donors (Lipinski definition) is 0. The molecule has 0 saturated carbocycles. The number of nitrogens with zero attached hydrogens (tertiary/aromatic N) is 4. The highest BCUT2D eigenvalue weighted by Gasteiger charge is 2.59. The lowest BCUT2D eigenvalue weighted by atomic mass is 9.64. The van der Waals surface area contributed by atoms with Crippen LogP contribution in [-0.2, 0) is 4.79 Å². The standard InChI is InChI=1S/C20H29N4O/c1-5-7-8-20(6-2)18-13-23(9-10-24(18)19(20)25)17-12-14(3)16(22-21)11-15(17)4/h11-12,18H,5-10,13H2,1-4H3/q+1. The fraction of sp³-hybridized carbons (Fsp3) is 0.650. The third-order valence-electron chi connectivity index (χ3n) is 6.28. The zero-order chi connectivity index (χ0) is 18.2. The van der Waals surface area contributed by atoms with Gasteiger partial charge in [0.05, 0.1) is 11.5 Å². The first-order valence-corrected chi connectivity index (χ1v) is 9.50. The van der Waals surface area contributed by atoms with Crippen LogP contribution >= 0.6 is 0 Å². The van der Waals surface area contributed by atoms with Gasteiger partial charge in [-0.05, 0) is 38.3 Å². The van der Waals surface area contributed by atoms with Crippen molar-refractivity contribution in [2.75, 3.05) is 24.5 Å². The van der Waals surface area contributed by atoms with Crippen LogP contribution in [0, 0.1) is 24.7 Å². The van der Waals surface area contributed by atoms with E-state index < -0.39 is 0 Å². The Morgan fingerprint density at radius 2 is 2.00 bits per heavy atom. The lowest BCUT2D eigenvalue weighted by Gasteiger charge is -2.60.